The number of carbonyl (C=O) groups excluding carboxylic acids is 3. The largest absolute Gasteiger partial charge is 0.369 e. The van der Waals surface area contributed by atoms with Gasteiger partial charge in [0, 0.05) is 18.8 Å². The summed E-state index contributed by atoms with van der Waals surface area (Å²) in [4.78, 5) is 49.5. The lowest BCUT2D eigenvalue weighted by Crippen LogP contribution is -2.50. The monoisotopic (exact) mass is 461 g/mol. The van der Waals surface area contributed by atoms with Crippen LogP contribution in [0.2, 0.25) is 0 Å². The van der Waals surface area contributed by atoms with Crippen LogP contribution in [0, 0.1) is 17.8 Å². The number of amides is 3. The van der Waals surface area contributed by atoms with Crippen LogP contribution in [-0.4, -0.2) is 41.6 Å². The smallest absolute Gasteiger partial charge is 0.272 e. The Hall–Kier alpha value is -3.81. The Kier molecular flexibility index (Phi) is 7.94. The fourth-order valence-electron chi connectivity index (χ4n) is 4.19. The van der Waals surface area contributed by atoms with Gasteiger partial charge in [0.25, 0.3) is 5.91 Å². The van der Waals surface area contributed by atoms with E-state index in [4.69, 9.17) is 5.73 Å². The van der Waals surface area contributed by atoms with Crippen molar-refractivity contribution in [3.63, 3.8) is 0 Å². The molecule has 1 aliphatic rings. The van der Waals surface area contributed by atoms with Gasteiger partial charge in [0.15, 0.2) is 0 Å². The van der Waals surface area contributed by atoms with Crippen molar-refractivity contribution in [1.82, 2.24) is 10.3 Å². The number of fused-ring (bicyclic) bond motifs is 1. The molecule has 1 aliphatic heterocycles. The zero-order valence-corrected chi connectivity index (χ0v) is 19.8. The van der Waals surface area contributed by atoms with Crippen LogP contribution in [-0.2, 0) is 14.4 Å². The van der Waals surface area contributed by atoms with E-state index in [-0.39, 0.29) is 12.3 Å². The number of nitrogens with one attached hydrogen (secondary N) is 1. The van der Waals surface area contributed by atoms with Crippen molar-refractivity contribution in [2.45, 2.75) is 32.9 Å². The SMILES string of the molecule is C=CCC(C(N)=O)C(CC(C)C)C(=O)NC1N=C(c2ccccn2)c2ccccc2N(C)C1=O. The number of nitrogens with zero attached hydrogens (tertiary/aromatic N) is 3. The van der Waals surface area contributed by atoms with E-state index in [1.165, 1.54) is 4.90 Å². The third kappa shape index (κ3) is 5.39. The van der Waals surface area contributed by atoms with Gasteiger partial charge in [-0.05, 0) is 37.0 Å². The van der Waals surface area contributed by atoms with Crippen molar-refractivity contribution in [3.05, 3.63) is 72.6 Å². The molecule has 178 valence electrons. The second kappa shape index (κ2) is 10.9. The molecule has 0 saturated heterocycles. The van der Waals surface area contributed by atoms with Crippen LogP contribution in [0.25, 0.3) is 0 Å². The van der Waals surface area contributed by atoms with Gasteiger partial charge in [-0.1, -0.05) is 44.2 Å². The van der Waals surface area contributed by atoms with Crippen LogP contribution in [0.3, 0.4) is 0 Å². The van der Waals surface area contributed by atoms with Crippen LogP contribution in [0.5, 0.6) is 0 Å². The van der Waals surface area contributed by atoms with E-state index < -0.39 is 35.7 Å². The summed E-state index contributed by atoms with van der Waals surface area (Å²) in [6.45, 7) is 7.62. The highest BCUT2D eigenvalue weighted by molar-refractivity contribution is 6.19. The predicted octanol–water partition coefficient (Wildman–Crippen LogP) is 2.68. The minimum Gasteiger partial charge on any atom is -0.369 e. The van der Waals surface area contributed by atoms with Crippen LogP contribution < -0.4 is 16.0 Å². The molecule has 3 amide bonds. The number of nitrogens with two attached hydrogens (primary N) is 1. The normalized spacial score (nSPS) is 17.3. The quantitative estimate of drug-likeness (QED) is 0.558. The van der Waals surface area contributed by atoms with Crippen molar-refractivity contribution in [2.75, 3.05) is 11.9 Å². The number of anilines is 1. The van der Waals surface area contributed by atoms with Gasteiger partial charge in [-0.25, -0.2) is 4.99 Å². The number of allylic oxidation sites excluding steroid dienone is 1. The molecule has 3 rings (SSSR count). The Morgan fingerprint density at radius 1 is 1.18 bits per heavy atom. The Morgan fingerprint density at radius 3 is 2.50 bits per heavy atom. The van der Waals surface area contributed by atoms with E-state index in [9.17, 15) is 14.4 Å². The number of likely N-dealkylation sites (N-methyl/N-ethyl adjacent to an activating group) is 1. The maximum Gasteiger partial charge on any atom is 0.272 e. The van der Waals surface area contributed by atoms with Crippen molar-refractivity contribution in [3.8, 4) is 0 Å². The van der Waals surface area contributed by atoms with Gasteiger partial charge < -0.3 is 16.0 Å². The molecule has 0 bridgehead atoms. The number of aliphatic imine (C=N–C) groups is 1. The summed E-state index contributed by atoms with van der Waals surface area (Å²) < 4.78 is 0. The van der Waals surface area contributed by atoms with Crippen molar-refractivity contribution in [1.29, 1.82) is 0 Å². The number of aromatic nitrogens is 1. The fourth-order valence-corrected chi connectivity index (χ4v) is 4.19. The summed E-state index contributed by atoms with van der Waals surface area (Å²) in [6, 6.07) is 12.8. The van der Waals surface area contributed by atoms with E-state index in [1.807, 2.05) is 44.2 Å². The first-order valence-corrected chi connectivity index (χ1v) is 11.3. The average molecular weight is 462 g/mol. The van der Waals surface area contributed by atoms with Gasteiger partial charge in [-0.3, -0.25) is 19.4 Å². The third-order valence-electron chi connectivity index (χ3n) is 5.86. The Balaban J connectivity index is 2.03. The topological polar surface area (TPSA) is 118 Å². The minimum absolute atomic E-state index is 0.131. The third-order valence-corrected chi connectivity index (χ3v) is 5.86. The molecule has 0 aliphatic carbocycles. The van der Waals surface area contributed by atoms with E-state index in [0.29, 0.717) is 23.5 Å². The Morgan fingerprint density at radius 2 is 1.88 bits per heavy atom. The lowest BCUT2D eigenvalue weighted by molar-refractivity contribution is -0.135. The number of pyridine rings is 1. The molecule has 3 N–H and O–H groups in total. The molecular formula is C26H31N5O3. The van der Waals surface area contributed by atoms with Gasteiger partial charge in [-0.2, -0.15) is 0 Å². The molecule has 1 aromatic carbocycles. The molecule has 2 heterocycles. The van der Waals surface area contributed by atoms with E-state index in [2.05, 4.69) is 21.9 Å². The first kappa shape index (κ1) is 24.8. The number of primary amides is 1. The number of rotatable bonds is 9. The number of benzodiazepines with no additional fused rings is 1. The Bertz CT molecular complexity index is 1100. The molecule has 8 heteroatoms. The van der Waals surface area contributed by atoms with Crippen LogP contribution in [0.4, 0.5) is 5.69 Å². The molecule has 34 heavy (non-hydrogen) atoms. The Labute approximate surface area is 200 Å². The maximum absolute atomic E-state index is 13.4. The van der Waals surface area contributed by atoms with E-state index in [0.717, 1.165) is 5.56 Å². The summed E-state index contributed by atoms with van der Waals surface area (Å²) in [5, 5.41) is 2.79. The van der Waals surface area contributed by atoms with Crippen molar-refractivity contribution in [2.24, 2.45) is 28.5 Å². The fraction of sp³-hybridized carbons (Fsp3) is 0.346. The number of carbonyl (C=O) groups is 3. The molecule has 1 aromatic heterocycles. The number of benzene rings is 1. The molecule has 3 atom stereocenters. The van der Waals surface area contributed by atoms with Gasteiger partial charge >= 0.3 is 0 Å². The standard InChI is InChI=1S/C26H31N5O3/c1-5-10-17(23(27)32)19(15-16(2)3)25(33)30-24-26(34)31(4)21-13-7-6-11-18(21)22(29-24)20-12-8-9-14-28-20/h5-9,11-14,16-17,19,24H,1,10,15H2,2-4H3,(H2,27,32)(H,30,33). The lowest BCUT2D eigenvalue weighted by atomic mass is 9.82. The molecular weight excluding hydrogens is 430 g/mol. The van der Waals surface area contributed by atoms with Gasteiger partial charge in [0.05, 0.1) is 28.9 Å². The molecule has 8 nitrogen and oxygen atoms in total. The predicted molar refractivity (Wildman–Crippen MR) is 132 cm³/mol. The number of hydrogen-bond acceptors (Lipinski definition) is 5. The maximum atomic E-state index is 13.4. The molecule has 3 unspecified atom stereocenters. The highest BCUT2D eigenvalue weighted by atomic mass is 16.2. The molecule has 0 spiro atoms. The lowest BCUT2D eigenvalue weighted by Gasteiger charge is -2.27. The molecule has 0 saturated carbocycles. The number of para-hydroxylation sites is 1. The zero-order valence-electron chi connectivity index (χ0n) is 19.8. The van der Waals surface area contributed by atoms with Crippen molar-refractivity contribution >= 4 is 29.1 Å². The first-order valence-electron chi connectivity index (χ1n) is 11.3. The molecule has 0 fully saturated rings. The minimum atomic E-state index is -1.19. The second-order valence-electron chi connectivity index (χ2n) is 8.79. The zero-order chi connectivity index (χ0) is 24.8. The van der Waals surface area contributed by atoms with Gasteiger partial charge in [0.2, 0.25) is 18.0 Å². The average Bonchev–Trinajstić information content (AvgIpc) is 2.92. The number of hydrogen-bond donors (Lipinski definition) is 2. The van der Waals surface area contributed by atoms with E-state index >= 15 is 0 Å². The summed E-state index contributed by atoms with van der Waals surface area (Å²) >= 11 is 0. The summed E-state index contributed by atoms with van der Waals surface area (Å²) in [5.41, 5.74) is 8.09. The summed E-state index contributed by atoms with van der Waals surface area (Å²) in [7, 11) is 1.65. The van der Waals surface area contributed by atoms with Crippen LogP contribution >= 0.6 is 0 Å². The van der Waals surface area contributed by atoms with Crippen molar-refractivity contribution < 1.29 is 14.4 Å². The van der Waals surface area contributed by atoms with Gasteiger partial charge in [0.1, 0.15) is 0 Å². The molecule has 0 radical (unpaired) electrons. The van der Waals surface area contributed by atoms with E-state index in [1.54, 1.807) is 31.5 Å². The van der Waals surface area contributed by atoms with Gasteiger partial charge in [-0.15, -0.1) is 6.58 Å². The highest BCUT2D eigenvalue weighted by Crippen LogP contribution is 2.28. The van der Waals surface area contributed by atoms with Crippen LogP contribution in [0.15, 0.2) is 66.3 Å². The molecule has 2 aromatic rings. The second-order valence-corrected chi connectivity index (χ2v) is 8.79. The highest BCUT2D eigenvalue weighted by Gasteiger charge is 2.36. The van der Waals surface area contributed by atoms with Crippen LogP contribution in [0.1, 0.15) is 37.9 Å². The summed E-state index contributed by atoms with van der Waals surface area (Å²) in [6.07, 6.45) is 2.74. The first-order chi connectivity index (χ1) is 16.2. The summed E-state index contributed by atoms with van der Waals surface area (Å²) in [5.74, 6) is -2.72.